The van der Waals surface area contributed by atoms with Crippen LogP contribution >= 0.6 is 22.9 Å². The highest BCUT2D eigenvalue weighted by Crippen LogP contribution is 2.21. The molecule has 1 atom stereocenters. The molecule has 0 radical (unpaired) electrons. The van der Waals surface area contributed by atoms with Crippen molar-refractivity contribution < 1.29 is 9.59 Å². The summed E-state index contributed by atoms with van der Waals surface area (Å²) in [5.41, 5.74) is 1.61. The van der Waals surface area contributed by atoms with E-state index in [0.29, 0.717) is 5.02 Å². The fraction of sp³-hybridized carbons (Fsp3) is 0.200. The van der Waals surface area contributed by atoms with Crippen LogP contribution in [0, 0.1) is 0 Å². The van der Waals surface area contributed by atoms with Gasteiger partial charge in [-0.25, -0.2) is 0 Å². The van der Waals surface area contributed by atoms with Gasteiger partial charge < -0.3 is 10.6 Å². The first-order valence-corrected chi connectivity index (χ1v) is 7.71. The van der Waals surface area contributed by atoms with Gasteiger partial charge in [-0.1, -0.05) is 23.7 Å². The van der Waals surface area contributed by atoms with Crippen LogP contribution in [-0.2, 0) is 9.59 Å². The summed E-state index contributed by atoms with van der Waals surface area (Å²) in [5, 5.41) is 9.94. The van der Waals surface area contributed by atoms with Crippen molar-refractivity contribution in [3.05, 3.63) is 51.7 Å². The summed E-state index contributed by atoms with van der Waals surface area (Å²) in [7, 11) is 0. The van der Waals surface area contributed by atoms with Gasteiger partial charge in [0.25, 0.3) is 0 Å². The van der Waals surface area contributed by atoms with E-state index in [1.807, 2.05) is 16.8 Å². The molecule has 0 aliphatic rings. The first kappa shape index (κ1) is 15.5. The van der Waals surface area contributed by atoms with E-state index in [0.717, 1.165) is 11.3 Å². The number of anilines is 1. The second kappa shape index (κ2) is 7.24. The molecule has 110 valence electrons. The Balaban J connectivity index is 2.07. The minimum Gasteiger partial charge on any atom is -0.349 e. The fourth-order valence-corrected chi connectivity index (χ4v) is 2.64. The molecule has 1 heterocycles. The van der Waals surface area contributed by atoms with Crippen molar-refractivity contribution >= 4 is 40.4 Å². The van der Waals surface area contributed by atoms with E-state index in [4.69, 9.17) is 11.6 Å². The van der Waals surface area contributed by atoms with Crippen molar-refractivity contribution in [1.29, 1.82) is 0 Å². The Morgan fingerprint density at radius 1 is 1.24 bits per heavy atom. The number of nitrogens with one attached hydrogen (secondary N) is 2. The average Bonchev–Trinajstić information content (AvgIpc) is 2.91. The van der Waals surface area contributed by atoms with E-state index in [2.05, 4.69) is 10.6 Å². The van der Waals surface area contributed by atoms with Crippen LogP contribution in [0.5, 0.6) is 0 Å². The lowest BCUT2D eigenvalue weighted by Gasteiger charge is -2.18. The summed E-state index contributed by atoms with van der Waals surface area (Å²) in [5.74, 6) is -0.333. The van der Waals surface area contributed by atoms with Gasteiger partial charge >= 0.3 is 0 Å². The van der Waals surface area contributed by atoms with Crippen LogP contribution in [0.15, 0.2) is 41.1 Å². The number of carbonyl (C=O) groups excluding carboxylic acids is 2. The van der Waals surface area contributed by atoms with Gasteiger partial charge in [-0.2, -0.15) is 11.3 Å². The Labute approximate surface area is 132 Å². The molecule has 6 heteroatoms. The molecule has 2 amide bonds. The first-order chi connectivity index (χ1) is 10.0. The van der Waals surface area contributed by atoms with Gasteiger partial charge in [0.15, 0.2) is 0 Å². The Morgan fingerprint density at radius 3 is 2.52 bits per heavy atom. The number of carbonyl (C=O) groups is 2. The Morgan fingerprint density at radius 2 is 1.95 bits per heavy atom. The van der Waals surface area contributed by atoms with Crippen molar-refractivity contribution in [2.45, 2.75) is 19.4 Å². The Kier molecular flexibility index (Phi) is 5.36. The third kappa shape index (κ3) is 4.88. The highest BCUT2D eigenvalue weighted by Gasteiger charge is 2.17. The molecule has 1 aromatic heterocycles. The first-order valence-electron chi connectivity index (χ1n) is 6.39. The van der Waals surface area contributed by atoms with Gasteiger partial charge in [0, 0.05) is 17.3 Å². The largest absolute Gasteiger partial charge is 0.349 e. The predicted molar refractivity (Wildman–Crippen MR) is 85.6 cm³/mol. The van der Waals surface area contributed by atoms with E-state index in [-0.39, 0.29) is 24.3 Å². The lowest BCUT2D eigenvalue weighted by Crippen LogP contribution is -2.29. The van der Waals surface area contributed by atoms with E-state index >= 15 is 0 Å². The van der Waals surface area contributed by atoms with Crippen LogP contribution in [0.2, 0.25) is 5.02 Å². The summed E-state index contributed by atoms with van der Waals surface area (Å²) in [6.45, 7) is 1.43. The topological polar surface area (TPSA) is 58.2 Å². The highest BCUT2D eigenvalue weighted by molar-refractivity contribution is 7.08. The smallest absolute Gasteiger partial charge is 0.226 e. The van der Waals surface area contributed by atoms with Crippen molar-refractivity contribution in [2.24, 2.45) is 0 Å². The second-order valence-corrected chi connectivity index (χ2v) is 5.79. The molecule has 0 spiro atoms. The van der Waals surface area contributed by atoms with Crippen molar-refractivity contribution in [3.8, 4) is 0 Å². The number of thiophene rings is 1. The lowest BCUT2D eigenvalue weighted by molar-refractivity contribution is -0.120. The molecule has 2 N–H and O–H groups in total. The molecule has 0 aliphatic carbocycles. The summed E-state index contributed by atoms with van der Waals surface area (Å²) in [4.78, 5) is 23.4. The van der Waals surface area contributed by atoms with Gasteiger partial charge in [-0.15, -0.1) is 0 Å². The van der Waals surface area contributed by atoms with Crippen LogP contribution < -0.4 is 10.6 Å². The zero-order valence-electron chi connectivity index (χ0n) is 11.4. The molecular weight excluding hydrogens is 308 g/mol. The summed E-state index contributed by atoms with van der Waals surface area (Å²) in [6.07, 6.45) is 0.164. The molecule has 0 saturated carbocycles. The lowest BCUT2D eigenvalue weighted by atomic mass is 10.0. The average molecular weight is 323 g/mol. The van der Waals surface area contributed by atoms with E-state index < -0.39 is 0 Å². The van der Waals surface area contributed by atoms with E-state index in [1.165, 1.54) is 18.3 Å². The number of amides is 2. The zero-order chi connectivity index (χ0) is 15.2. The molecule has 0 bridgehead atoms. The van der Waals surface area contributed by atoms with Gasteiger partial charge in [-0.05, 0) is 29.1 Å². The molecule has 1 aromatic carbocycles. The Bertz CT molecular complexity index is 611. The molecular formula is C15H15ClN2O2S. The van der Waals surface area contributed by atoms with Crippen LogP contribution in [0.3, 0.4) is 0 Å². The van der Waals surface area contributed by atoms with Gasteiger partial charge in [0.1, 0.15) is 0 Å². The third-order valence-electron chi connectivity index (χ3n) is 2.84. The van der Waals surface area contributed by atoms with Crippen LogP contribution in [-0.4, -0.2) is 11.8 Å². The van der Waals surface area contributed by atoms with Crippen molar-refractivity contribution in [3.63, 3.8) is 0 Å². The molecule has 2 aromatic rings. The highest BCUT2D eigenvalue weighted by atomic mass is 35.5. The molecule has 4 nitrogen and oxygen atoms in total. The molecule has 2 rings (SSSR count). The second-order valence-electron chi connectivity index (χ2n) is 4.57. The van der Waals surface area contributed by atoms with Crippen molar-refractivity contribution in [1.82, 2.24) is 5.32 Å². The maximum Gasteiger partial charge on any atom is 0.226 e. The van der Waals surface area contributed by atoms with Crippen molar-refractivity contribution in [2.75, 3.05) is 5.32 Å². The molecule has 0 saturated heterocycles. The third-order valence-corrected chi connectivity index (χ3v) is 3.78. The van der Waals surface area contributed by atoms with Crippen LogP contribution in [0.1, 0.15) is 24.9 Å². The predicted octanol–water partition coefficient (Wildman–Crippen LogP) is 3.61. The molecule has 1 unspecified atom stereocenters. The minimum atomic E-state index is -0.376. The molecule has 21 heavy (non-hydrogen) atoms. The van der Waals surface area contributed by atoms with Gasteiger partial charge in [-0.3, -0.25) is 9.59 Å². The minimum absolute atomic E-state index is 0.151. The summed E-state index contributed by atoms with van der Waals surface area (Å²) >= 11 is 7.37. The van der Waals surface area contributed by atoms with E-state index in [9.17, 15) is 9.59 Å². The molecule has 0 fully saturated rings. The normalized spacial score (nSPS) is 11.7. The van der Waals surface area contributed by atoms with Gasteiger partial charge in [0.2, 0.25) is 11.8 Å². The SMILES string of the molecule is CC(=O)NC(CC(=O)Nc1ccsc1)c1ccc(Cl)cc1. The van der Waals surface area contributed by atoms with Crippen LogP contribution in [0.4, 0.5) is 5.69 Å². The zero-order valence-corrected chi connectivity index (χ0v) is 13.0. The van der Waals surface area contributed by atoms with Crippen LogP contribution in [0.25, 0.3) is 0 Å². The molecule has 0 aliphatic heterocycles. The van der Waals surface area contributed by atoms with E-state index in [1.54, 1.807) is 24.3 Å². The standard InChI is InChI=1S/C15H15ClN2O2S/c1-10(19)17-14(11-2-4-12(16)5-3-11)8-15(20)18-13-6-7-21-9-13/h2-7,9,14H,8H2,1H3,(H,17,19)(H,18,20). The fourth-order valence-electron chi connectivity index (χ4n) is 1.93. The monoisotopic (exact) mass is 322 g/mol. The van der Waals surface area contributed by atoms with Gasteiger partial charge in [0.05, 0.1) is 18.2 Å². The number of benzene rings is 1. The Hall–Kier alpha value is -1.85. The number of hydrogen-bond donors (Lipinski definition) is 2. The summed E-state index contributed by atoms with van der Waals surface area (Å²) < 4.78 is 0. The maximum atomic E-state index is 12.1. The summed E-state index contributed by atoms with van der Waals surface area (Å²) in [6, 6.07) is 8.55. The number of rotatable bonds is 5. The maximum absolute atomic E-state index is 12.1. The number of hydrogen-bond acceptors (Lipinski definition) is 3. The quantitative estimate of drug-likeness (QED) is 0.883. The number of halogens is 1.